The number of fused-ring (bicyclic) bond motifs is 1. The van der Waals surface area contributed by atoms with Gasteiger partial charge in [-0.15, -0.1) is 0 Å². The molecule has 1 unspecified atom stereocenters. The minimum atomic E-state index is 0.615. The Kier molecular flexibility index (Phi) is 3.46. The van der Waals surface area contributed by atoms with Crippen molar-refractivity contribution in [3.8, 4) is 0 Å². The zero-order valence-corrected chi connectivity index (χ0v) is 11.2. The zero-order chi connectivity index (χ0) is 12.4. The summed E-state index contributed by atoms with van der Waals surface area (Å²) in [6.45, 7) is 5.59. The van der Waals surface area contributed by atoms with Crippen LogP contribution in [0.4, 0.5) is 5.82 Å². The molecule has 1 aromatic heterocycles. The van der Waals surface area contributed by atoms with Gasteiger partial charge >= 0.3 is 0 Å². The lowest BCUT2D eigenvalue weighted by atomic mass is 10.1. The molecule has 2 heterocycles. The number of nitrogens with one attached hydrogen (secondary N) is 1. The number of hydrogen-bond acceptors (Lipinski definition) is 4. The van der Waals surface area contributed by atoms with Crippen LogP contribution >= 0.6 is 0 Å². The number of anilines is 1. The van der Waals surface area contributed by atoms with Crippen LogP contribution in [0.3, 0.4) is 0 Å². The van der Waals surface area contributed by atoms with E-state index in [9.17, 15) is 0 Å². The van der Waals surface area contributed by atoms with Crippen LogP contribution in [0.5, 0.6) is 0 Å². The first kappa shape index (κ1) is 11.9. The topological polar surface area (TPSA) is 41.1 Å². The van der Waals surface area contributed by atoms with Crippen molar-refractivity contribution in [2.75, 3.05) is 24.5 Å². The van der Waals surface area contributed by atoms with Crippen molar-refractivity contribution in [1.82, 2.24) is 15.3 Å². The first-order valence-corrected chi connectivity index (χ1v) is 7.20. The van der Waals surface area contributed by atoms with E-state index in [2.05, 4.69) is 27.1 Å². The van der Waals surface area contributed by atoms with Crippen molar-refractivity contribution in [3.05, 3.63) is 17.6 Å². The summed E-state index contributed by atoms with van der Waals surface area (Å²) < 4.78 is 0. The number of aryl methyl sites for hydroxylation is 1. The normalized spacial score (nSPS) is 22.2. The Bertz CT molecular complexity index is 412. The Labute approximate surface area is 109 Å². The fourth-order valence-corrected chi connectivity index (χ4v) is 3.20. The Morgan fingerprint density at radius 3 is 3.11 bits per heavy atom. The quantitative estimate of drug-likeness (QED) is 0.875. The molecule has 1 saturated heterocycles. The maximum Gasteiger partial charge on any atom is 0.135 e. The third-order valence-corrected chi connectivity index (χ3v) is 4.06. The Hall–Kier alpha value is -1.16. The third-order valence-electron chi connectivity index (χ3n) is 4.06. The second kappa shape index (κ2) is 5.22. The summed E-state index contributed by atoms with van der Waals surface area (Å²) >= 11 is 0. The SMILES string of the molecule is CCCN(c1ncnc2c1CCC2)C1CCNC1. The smallest absolute Gasteiger partial charge is 0.135 e. The second-order valence-electron chi connectivity index (χ2n) is 5.32. The average Bonchev–Trinajstić information content (AvgIpc) is 3.06. The van der Waals surface area contributed by atoms with E-state index in [1.807, 2.05) is 0 Å². The standard InChI is InChI=1S/C14H22N4/c1-2-8-18(11-6-7-15-9-11)14-12-4-3-5-13(12)16-10-17-14/h10-11,15H,2-9H2,1H3. The maximum atomic E-state index is 4.60. The Morgan fingerprint density at radius 2 is 2.33 bits per heavy atom. The summed E-state index contributed by atoms with van der Waals surface area (Å²) in [5.41, 5.74) is 2.70. The molecule has 0 spiro atoms. The highest BCUT2D eigenvalue weighted by atomic mass is 15.2. The van der Waals surface area contributed by atoms with Gasteiger partial charge in [-0.05, 0) is 38.6 Å². The summed E-state index contributed by atoms with van der Waals surface area (Å²) in [4.78, 5) is 11.6. The molecule has 3 rings (SSSR count). The fourth-order valence-electron chi connectivity index (χ4n) is 3.20. The second-order valence-corrected chi connectivity index (χ2v) is 5.32. The van der Waals surface area contributed by atoms with Crippen molar-refractivity contribution in [3.63, 3.8) is 0 Å². The average molecular weight is 246 g/mol. The lowest BCUT2D eigenvalue weighted by Crippen LogP contribution is -2.38. The predicted molar refractivity (Wildman–Crippen MR) is 73.0 cm³/mol. The van der Waals surface area contributed by atoms with Crippen LogP contribution in [-0.4, -0.2) is 35.6 Å². The first-order chi connectivity index (χ1) is 8.90. The van der Waals surface area contributed by atoms with Crippen molar-refractivity contribution in [1.29, 1.82) is 0 Å². The lowest BCUT2D eigenvalue weighted by Gasteiger charge is -2.30. The number of hydrogen-bond donors (Lipinski definition) is 1. The van der Waals surface area contributed by atoms with Gasteiger partial charge in [0, 0.05) is 30.4 Å². The van der Waals surface area contributed by atoms with E-state index < -0.39 is 0 Å². The molecule has 1 aliphatic heterocycles. The van der Waals surface area contributed by atoms with Crippen LogP contribution in [0.15, 0.2) is 6.33 Å². The molecule has 1 N–H and O–H groups in total. The van der Waals surface area contributed by atoms with Gasteiger partial charge in [-0.3, -0.25) is 0 Å². The molecule has 4 heteroatoms. The van der Waals surface area contributed by atoms with Gasteiger partial charge in [-0.25, -0.2) is 9.97 Å². The molecule has 2 aliphatic rings. The van der Waals surface area contributed by atoms with E-state index >= 15 is 0 Å². The Morgan fingerprint density at radius 1 is 1.39 bits per heavy atom. The molecule has 18 heavy (non-hydrogen) atoms. The molecule has 1 atom stereocenters. The monoisotopic (exact) mass is 246 g/mol. The summed E-state index contributed by atoms with van der Waals surface area (Å²) in [6.07, 6.45) is 7.70. The highest BCUT2D eigenvalue weighted by Crippen LogP contribution is 2.30. The molecule has 98 valence electrons. The van der Waals surface area contributed by atoms with Gasteiger partial charge in [0.1, 0.15) is 12.1 Å². The van der Waals surface area contributed by atoms with Gasteiger partial charge in [-0.2, -0.15) is 0 Å². The summed E-state index contributed by atoms with van der Waals surface area (Å²) in [6, 6.07) is 0.615. The largest absolute Gasteiger partial charge is 0.352 e. The van der Waals surface area contributed by atoms with Crippen LogP contribution in [-0.2, 0) is 12.8 Å². The molecule has 0 saturated carbocycles. The summed E-state index contributed by atoms with van der Waals surface area (Å²) in [7, 11) is 0. The van der Waals surface area contributed by atoms with Gasteiger partial charge in [0.2, 0.25) is 0 Å². The van der Waals surface area contributed by atoms with Crippen molar-refractivity contribution in [2.24, 2.45) is 0 Å². The van der Waals surface area contributed by atoms with Gasteiger partial charge in [0.25, 0.3) is 0 Å². The highest BCUT2D eigenvalue weighted by molar-refractivity contribution is 5.51. The molecule has 0 bridgehead atoms. The molecule has 0 aromatic carbocycles. The molecule has 0 amide bonds. The van der Waals surface area contributed by atoms with Gasteiger partial charge in [-0.1, -0.05) is 6.92 Å². The first-order valence-electron chi connectivity index (χ1n) is 7.20. The minimum absolute atomic E-state index is 0.615. The van der Waals surface area contributed by atoms with Gasteiger partial charge in [0.05, 0.1) is 0 Å². The maximum absolute atomic E-state index is 4.60. The van der Waals surface area contributed by atoms with Crippen LogP contribution in [0.25, 0.3) is 0 Å². The number of nitrogens with zero attached hydrogens (tertiary/aromatic N) is 3. The summed E-state index contributed by atoms with van der Waals surface area (Å²) in [5.74, 6) is 1.22. The van der Waals surface area contributed by atoms with Crippen LogP contribution in [0, 0.1) is 0 Å². The molecular formula is C14H22N4. The predicted octanol–water partition coefficient (Wildman–Crippen LogP) is 1.54. The van der Waals surface area contributed by atoms with E-state index in [-0.39, 0.29) is 0 Å². The van der Waals surface area contributed by atoms with Gasteiger partial charge in [0.15, 0.2) is 0 Å². The van der Waals surface area contributed by atoms with Gasteiger partial charge < -0.3 is 10.2 Å². The minimum Gasteiger partial charge on any atom is -0.352 e. The van der Waals surface area contributed by atoms with Crippen LogP contribution in [0.1, 0.15) is 37.4 Å². The number of aromatic nitrogens is 2. The van der Waals surface area contributed by atoms with E-state index in [1.54, 1.807) is 6.33 Å². The van der Waals surface area contributed by atoms with Crippen molar-refractivity contribution >= 4 is 5.82 Å². The van der Waals surface area contributed by atoms with E-state index in [0.29, 0.717) is 6.04 Å². The molecule has 1 aliphatic carbocycles. The molecule has 1 aromatic rings. The Balaban J connectivity index is 1.92. The number of rotatable bonds is 4. The molecule has 4 nitrogen and oxygen atoms in total. The van der Waals surface area contributed by atoms with Crippen molar-refractivity contribution < 1.29 is 0 Å². The van der Waals surface area contributed by atoms with E-state index in [0.717, 1.165) is 32.5 Å². The summed E-state index contributed by atoms with van der Waals surface area (Å²) in [5, 5.41) is 3.46. The van der Waals surface area contributed by atoms with E-state index in [4.69, 9.17) is 0 Å². The molecule has 1 fully saturated rings. The third kappa shape index (κ3) is 2.09. The lowest BCUT2D eigenvalue weighted by molar-refractivity contribution is 0.614. The van der Waals surface area contributed by atoms with Crippen molar-refractivity contribution in [2.45, 2.75) is 45.1 Å². The van der Waals surface area contributed by atoms with Crippen LogP contribution < -0.4 is 10.2 Å². The zero-order valence-electron chi connectivity index (χ0n) is 11.2. The van der Waals surface area contributed by atoms with E-state index in [1.165, 1.54) is 36.3 Å². The molecular weight excluding hydrogens is 224 g/mol. The fraction of sp³-hybridized carbons (Fsp3) is 0.714. The highest BCUT2D eigenvalue weighted by Gasteiger charge is 2.27. The van der Waals surface area contributed by atoms with Crippen LogP contribution in [0.2, 0.25) is 0 Å². The molecule has 0 radical (unpaired) electrons.